The highest BCUT2D eigenvalue weighted by Gasteiger charge is 2.64. The molecule has 1 N–H and O–H groups in total. The van der Waals surface area contributed by atoms with Gasteiger partial charge >= 0.3 is 0 Å². The van der Waals surface area contributed by atoms with Crippen LogP contribution in [0.3, 0.4) is 0 Å². The molecule has 0 unspecified atom stereocenters. The molecule has 1 aromatic carbocycles. The van der Waals surface area contributed by atoms with Crippen LogP contribution in [0.25, 0.3) is 0 Å². The molecule has 2 amide bonds. The van der Waals surface area contributed by atoms with Gasteiger partial charge in [0.05, 0.1) is 12.6 Å². The van der Waals surface area contributed by atoms with E-state index in [2.05, 4.69) is 5.32 Å². The molecule has 3 fully saturated rings. The monoisotopic (exact) mass is 286 g/mol. The summed E-state index contributed by atoms with van der Waals surface area (Å²) < 4.78 is 5.82. The van der Waals surface area contributed by atoms with Crippen LogP contribution in [0, 0.1) is 11.3 Å². The molecule has 5 nitrogen and oxygen atoms in total. The Kier molecular flexibility index (Phi) is 2.63. The highest BCUT2D eigenvalue weighted by atomic mass is 16.5. The zero-order valence-corrected chi connectivity index (χ0v) is 11.9. The van der Waals surface area contributed by atoms with Gasteiger partial charge < -0.3 is 15.0 Å². The van der Waals surface area contributed by atoms with Gasteiger partial charge in [-0.3, -0.25) is 9.59 Å². The third kappa shape index (κ3) is 1.55. The summed E-state index contributed by atoms with van der Waals surface area (Å²) in [7, 11) is 0. The van der Waals surface area contributed by atoms with Crippen LogP contribution in [-0.4, -0.2) is 35.9 Å². The smallest absolute Gasteiger partial charge is 0.241 e. The SMILES string of the molecule is C[C@@H]1CNC(=O)[C@]12C[C@H]1CO[C@H](c3ccccc3)N1C2=O. The van der Waals surface area contributed by atoms with Crippen molar-refractivity contribution >= 4 is 11.8 Å². The third-order valence-corrected chi connectivity index (χ3v) is 5.17. The predicted octanol–water partition coefficient (Wildman–Crippen LogP) is 1.07. The zero-order valence-electron chi connectivity index (χ0n) is 11.9. The molecule has 4 rings (SSSR count). The van der Waals surface area contributed by atoms with E-state index < -0.39 is 5.41 Å². The number of carbonyl (C=O) groups is 2. The first-order valence-electron chi connectivity index (χ1n) is 7.42. The van der Waals surface area contributed by atoms with Gasteiger partial charge in [-0.2, -0.15) is 0 Å². The molecule has 3 aliphatic heterocycles. The summed E-state index contributed by atoms with van der Waals surface area (Å²) in [5, 5.41) is 2.85. The van der Waals surface area contributed by atoms with Gasteiger partial charge in [0.15, 0.2) is 6.23 Å². The van der Waals surface area contributed by atoms with Crippen molar-refractivity contribution in [2.45, 2.75) is 25.6 Å². The molecule has 3 aliphatic rings. The van der Waals surface area contributed by atoms with Crippen LogP contribution in [0.4, 0.5) is 0 Å². The Labute approximate surface area is 123 Å². The summed E-state index contributed by atoms with van der Waals surface area (Å²) in [5.41, 5.74) is 0.0954. The third-order valence-electron chi connectivity index (χ3n) is 5.17. The standard InChI is InChI=1S/C16H18N2O3/c1-10-8-17-14(19)16(10)7-12-9-21-13(18(12)15(16)20)11-5-3-2-4-6-11/h2-6,10,12-13H,7-9H2,1H3,(H,17,19)/t10-,12+,13-,16+/m1/s1. The van der Waals surface area contributed by atoms with Gasteiger partial charge in [-0.05, 0) is 12.3 Å². The summed E-state index contributed by atoms with van der Waals surface area (Å²) in [6.07, 6.45) is 0.214. The minimum atomic E-state index is -0.874. The highest BCUT2D eigenvalue weighted by Crippen LogP contribution is 2.50. The fourth-order valence-corrected chi connectivity index (χ4v) is 3.95. The van der Waals surface area contributed by atoms with E-state index in [4.69, 9.17) is 4.74 Å². The number of fused-ring (bicyclic) bond motifs is 1. The summed E-state index contributed by atoms with van der Waals surface area (Å²) in [6.45, 7) is 3.07. The van der Waals surface area contributed by atoms with Crippen LogP contribution in [0.2, 0.25) is 0 Å². The number of benzene rings is 1. The van der Waals surface area contributed by atoms with Crippen molar-refractivity contribution in [2.75, 3.05) is 13.2 Å². The second-order valence-electron chi connectivity index (χ2n) is 6.25. The van der Waals surface area contributed by atoms with Gasteiger partial charge in [-0.25, -0.2) is 0 Å². The van der Waals surface area contributed by atoms with E-state index in [0.717, 1.165) is 5.56 Å². The lowest BCUT2D eigenvalue weighted by Gasteiger charge is -2.27. The first-order valence-corrected chi connectivity index (χ1v) is 7.42. The van der Waals surface area contributed by atoms with Gasteiger partial charge in [0, 0.05) is 12.1 Å². The number of nitrogens with one attached hydrogen (secondary N) is 1. The molecule has 0 saturated carbocycles. The summed E-state index contributed by atoms with van der Waals surface area (Å²) in [5.74, 6) is -0.137. The lowest BCUT2D eigenvalue weighted by atomic mass is 9.76. The largest absolute Gasteiger partial charge is 0.355 e. The molecule has 0 radical (unpaired) electrons. The van der Waals surface area contributed by atoms with E-state index in [1.165, 1.54) is 0 Å². The first kappa shape index (κ1) is 12.8. The fourth-order valence-electron chi connectivity index (χ4n) is 3.95. The Morgan fingerprint density at radius 2 is 2.05 bits per heavy atom. The minimum Gasteiger partial charge on any atom is -0.355 e. The molecule has 0 aliphatic carbocycles. The quantitative estimate of drug-likeness (QED) is 0.786. The number of carbonyl (C=O) groups excluding carboxylic acids is 2. The number of hydrogen-bond donors (Lipinski definition) is 1. The maximum Gasteiger partial charge on any atom is 0.241 e. The van der Waals surface area contributed by atoms with Crippen LogP contribution in [0.5, 0.6) is 0 Å². The van der Waals surface area contributed by atoms with E-state index in [-0.39, 0.29) is 30.0 Å². The molecule has 5 heteroatoms. The topological polar surface area (TPSA) is 58.6 Å². The van der Waals surface area contributed by atoms with Crippen LogP contribution >= 0.6 is 0 Å². The second-order valence-corrected chi connectivity index (χ2v) is 6.25. The zero-order chi connectivity index (χ0) is 14.6. The molecule has 110 valence electrons. The molecule has 0 bridgehead atoms. The number of ether oxygens (including phenoxy) is 1. The van der Waals surface area contributed by atoms with Crippen molar-refractivity contribution in [3.63, 3.8) is 0 Å². The molecule has 4 atom stereocenters. The Bertz CT molecular complexity index is 603. The minimum absolute atomic E-state index is 0.00834. The van der Waals surface area contributed by atoms with Crippen molar-refractivity contribution < 1.29 is 14.3 Å². The number of amides is 2. The van der Waals surface area contributed by atoms with E-state index in [1.54, 1.807) is 4.90 Å². The van der Waals surface area contributed by atoms with Gasteiger partial charge in [-0.1, -0.05) is 37.3 Å². The van der Waals surface area contributed by atoms with Gasteiger partial charge in [0.25, 0.3) is 0 Å². The summed E-state index contributed by atoms with van der Waals surface area (Å²) >= 11 is 0. The van der Waals surface area contributed by atoms with Crippen LogP contribution in [0.1, 0.15) is 25.1 Å². The highest BCUT2D eigenvalue weighted by molar-refractivity contribution is 6.08. The lowest BCUT2D eigenvalue weighted by Crippen LogP contribution is -2.43. The molecule has 21 heavy (non-hydrogen) atoms. The summed E-state index contributed by atoms with van der Waals surface area (Å²) in [6, 6.07) is 9.75. The number of nitrogens with zero attached hydrogens (tertiary/aromatic N) is 1. The van der Waals surface area contributed by atoms with Gasteiger partial charge in [-0.15, -0.1) is 0 Å². The van der Waals surface area contributed by atoms with E-state index in [1.807, 2.05) is 37.3 Å². The van der Waals surface area contributed by atoms with Crippen LogP contribution in [0.15, 0.2) is 30.3 Å². The van der Waals surface area contributed by atoms with Crippen molar-refractivity contribution in [3.8, 4) is 0 Å². The van der Waals surface area contributed by atoms with Gasteiger partial charge in [0.2, 0.25) is 11.8 Å². The first-order chi connectivity index (χ1) is 10.1. The Morgan fingerprint density at radius 1 is 1.29 bits per heavy atom. The second kappa shape index (κ2) is 4.31. The van der Waals surface area contributed by atoms with Crippen LogP contribution < -0.4 is 5.32 Å². The Hall–Kier alpha value is -1.88. The fraction of sp³-hybridized carbons (Fsp3) is 0.500. The summed E-state index contributed by atoms with van der Waals surface area (Å²) in [4.78, 5) is 27.1. The molecular weight excluding hydrogens is 268 g/mol. The average Bonchev–Trinajstić information content (AvgIpc) is 3.12. The van der Waals surface area contributed by atoms with E-state index in [0.29, 0.717) is 19.6 Å². The number of hydrogen-bond acceptors (Lipinski definition) is 3. The van der Waals surface area contributed by atoms with Crippen molar-refractivity contribution in [1.82, 2.24) is 10.2 Å². The van der Waals surface area contributed by atoms with Crippen molar-refractivity contribution in [3.05, 3.63) is 35.9 Å². The maximum atomic E-state index is 13.0. The van der Waals surface area contributed by atoms with Crippen molar-refractivity contribution in [2.24, 2.45) is 11.3 Å². The lowest BCUT2D eigenvalue weighted by molar-refractivity contribution is -0.149. The average molecular weight is 286 g/mol. The van der Waals surface area contributed by atoms with E-state index in [9.17, 15) is 9.59 Å². The maximum absolute atomic E-state index is 13.0. The van der Waals surface area contributed by atoms with Crippen molar-refractivity contribution in [1.29, 1.82) is 0 Å². The van der Waals surface area contributed by atoms with E-state index >= 15 is 0 Å². The molecule has 3 heterocycles. The Balaban J connectivity index is 1.71. The van der Waals surface area contributed by atoms with Gasteiger partial charge in [0.1, 0.15) is 5.41 Å². The molecule has 1 aromatic rings. The Morgan fingerprint density at radius 3 is 2.71 bits per heavy atom. The molecular formula is C16H18N2O3. The normalized spacial score (nSPS) is 38.1. The van der Waals surface area contributed by atoms with Crippen LogP contribution in [-0.2, 0) is 14.3 Å². The molecule has 0 aromatic heterocycles. The number of rotatable bonds is 1. The predicted molar refractivity (Wildman–Crippen MR) is 75.0 cm³/mol. The molecule has 1 spiro atoms. The molecule has 3 saturated heterocycles.